The van der Waals surface area contributed by atoms with Gasteiger partial charge in [0.05, 0.1) is 11.0 Å². The van der Waals surface area contributed by atoms with Crippen molar-refractivity contribution in [1.29, 1.82) is 0 Å². The molecule has 0 spiro atoms. The first-order chi connectivity index (χ1) is 13.1. The molecule has 0 unspecified atom stereocenters. The maximum atomic E-state index is 12.5. The fourth-order valence-electron chi connectivity index (χ4n) is 3.24. The zero-order valence-electron chi connectivity index (χ0n) is 15.3. The molecule has 0 aliphatic rings. The van der Waals surface area contributed by atoms with Gasteiger partial charge in [-0.3, -0.25) is 14.3 Å². The lowest BCUT2D eigenvalue weighted by atomic mass is 10.1. The van der Waals surface area contributed by atoms with E-state index in [2.05, 4.69) is 47.3 Å². The van der Waals surface area contributed by atoms with Crippen LogP contribution in [0.5, 0.6) is 0 Å². The van der Waals surface area contributed by atoms with Crippen molar-refractivity contribution in [3.63, 3.8) is 0 Å². The topological polar surface area (TPSA) is 59.8 Å². The Hall–Kier alpha value is -3.47. The maximum absolute atomic E-state index is 12.5. The average Bonchev–Trinajstić information content (AvgIpc) is 3.09. The third-order valence-electron chi connectivity index (χ3n) is 4.47. The van der Waals surface area contributed by atoms with Crippen LogP contribution >= 0.6 is 0 Å². The normalized spacial score (nSPS) is 10.9. The highest BCUT2D eigenvalue weighted by atomic mass is 16.1. The van der Waals surface area contributed by atoms with E-state index in [1.54, 1.807) is 18.7 Å². The van der Waals surface area contributed by atoms with Crippen molar-refractivity contribution in [1.82, 2.24) is 19.9 Å². The van der Waals surface area contributed by atoms with Crippen molar-refractivity contribution in [2.75, 3.05) is 0 Å². The molecule has 2 aromatic heterocycles. The SMILES string of the molecule is Cc1cc(C)cc(-n2cnc3cc(C(=O)NCc4cccnc4)ccc32)c1. The van der Waals surface area contributed by atoms with Gasteiger partial charge in [-0.25, -0.2) is 4.98 Å². The summed E-state index contributed by atoms with van der Waals surface area (Å²) in [5.41, 5.74) is 6.82. The highest BCUT2D eigenvalue weighted by molar-refractivity contribution is 5.97. The highest BCUT2D eigenvalue weighted by Gasteiger charge is 2.10. The van der Waals surface area contributed by atoms with Crippen molar-refractivity contribution in [3.8, 4) is 5.69 Å². The van der Waals surface area contributed by atoms with Crippen LogP contribution in [0.25, 0.3) is 16.7 Å². The van der Waals surface area contributed by atoms with Gasteiger partial charge < -0.3 is 5.32 Å². The molecule has 0 atom stereocenters. The lowest BCUT2D eigenvalue weighted by molar-refractivity contribution is 0.0951. The number of imidazole rings is 1. The van der Waals surface area contributed by atoms with Gasteiger partial charge in [0.2, 0.25) is 0 Å². The number of amides is 1. The number of fused-ring (bicyclic) bond motifs is 1. The molecule has 134 valence electrons. The largest absolute Gasteiger partial charge is 0.348 e. The van der Waals surface area contributed by atoms with Crippen LogP contribution in [0.3, 0.4) is 0 Å². The molecular weight excluding hydrogens is 336 g/mol. The van der Waals surface area contributed by atoms with Crippen LogP contribution in [0.2, 0.25) is 0 Å². The van der Waals surface area contributed by atoms with Gasteiger partial charge in [-0.1, -0.05) is 12.1 Å². The molecule has 0 aliphatic carbocycles. The fraction of sp³-hybridized carbons (Fsp3) is 0.136. The first kappa shape index (κ1) is 17.0. The Kier molecular flexibility index (Phi) is 4.42. The third-order valence-corrected chi connectivity index (χ3v) is 4.47. The second-order valence-electron chi connectivity index (χ2n) is 6.71. The molecule has 0 radical (unpaired) electrons. The molecule has 2 heterocycles. The minimum absolute atomic E-state index is 0.123. The third kappa shape index (κ3) is 3.58. The van der Waals surface area contributed by atoms with Crippen molar-refractivity contribution >= 4 is 16.9 Å². The Morgan fingerprint density at radius 3 is 2.63 bits per heavy atom. The molecule has 1 N–H and O–H groups in total. The summed E-state index contributed by atoms with van der Waals surface area (Å²) in [5.74, 6) is -0.123. The van der Waals surface area contributed by atoms with Crippen molar-refractivity contribution in [3.05, 3.63) is 89.5 Å². The molecule has 1 amide bonds. The summed E-state index contributed by atoms with van der Waals surface area (Å²) >= 11 is 0. The molecule has 4 rings (SSSR count). The fourth-order valence-corrected chi connectivity index (χ4v) is 3.24. The lowest BCUT2D eigenvalue weighted by Crippen LogP contribution is -2.22. The van der Waals surface area contributed by atoms with Gasteiger partial charge in [0.15, 0.2) is 0 Å². The zero-order valence-corrected chi connectivity index (χ0v) is 15.3. The smallest absolute Gasteiger partial charge is 0.251 e. The van der Waals surface area contributed by atoms with E-state index in [9.17, 15) is 4.79 Å². The minimum atomic E-state index is -0.123. The second kappa shape index (κ2) is 7.03. The predicted octanol–water partition coefficient (Wildman–Crippen LogP) is 3.97. The summed E-state index contributed by atoms with van der Waals surface area (Å²) in [4.78, 5) is 21.0. The monoisotopic (exact) mass is 356 g/mol. The van der Waals surface area contributed by atoms with Gasteiger partial charge in [-0.15, -0.1) is 0 Å². The first-order valence-electron chi connectivity index (χ1n) is 8.83. The quantitative estimate of drug-likeness (QED) is 0.602. The van der Waals surface area contributed by atoms with Crippen LogP contribution < -0.4 is 5.32 Å². The van der Waals surface area contributed by atoms with Crippen LogP contribution in [0.1, 0.15) is 27.0 Å². The van der Waals surface area contributed by atoms with Crippen molar-refractivity contribution < 1.29 is 4.79 Å². The van der Waals surface area contributed by atoms with Crippen molar-refractivity contribution in [2.24, 2.45) is 0 Å². The van der Waals surface area contributed by atoms with Crippen LogP contribution in [0, 0.1) is 13.8 Å². The van der Waals surface area contributed by atoms with Gasteiger partial charge in [0.25, 0.3) is 5.91 Å². The maximum Gasteiger partial charge on any atom is 0.251 e. The summed E-state index contributed by atoms with van der Waals surface area (Å²) in [6, 6.07) is 15.8. The highest BCUT2D eigenvalue weighted by Crippen LogP contribution is 2.21. The molecule has 0 saturated carbocycles. The van der Waals surface area contributed by atoms with Crippen LogP contribution in [0.15, 0.2) is 67.3 Å². The molecule has 0 aliphatic heterocycles. The van der Waals surface area contributed by atoms with E-state index in [0.717, 1.165) is 22.3 Å². The molecule has 4 aromatic rings. The average molecular weight is 356 g/mol. The lowest BCUT2D eigenvalue weighted by Gasteiger charge is -2.08. The van der Waals surface area contributed by atoms with E-state index in [1.165, 1.54) is 11.1 Å². The number of nitrogens with zero attached hydrogens (tertiary/aromatic N) is 3. The Bertz CT molecular complexity index is 1100. The Morgan fingerprint density at radius 1 is 1.07 bits per heavy atom. The van der Waals surface area contributed by atoms with E-state index in [4.69, 9.17) is 0 Å². The van der Waals surface area contributed by atoms with E-state index in [1.807, 2.05) is 34.9 Å². The van der Waals surface area contributed by atoms with Crippen LogP contribution in [-0.4, -0.2) is 20.4 Å². The molecular formula is C22H20N4O. The predicted molar refractivity (Wildman–Crippen MR) is 106 cm³/mol. The number of hydrogen-bond donors (Lipinski definition) is 1. The summed E-state index contributed by atoms with van der Waals surface area (Å²) in [7, 11) is 0. The van der Waals surface area contributed by atoms with Crippen LogP contribution in [-0.2, 0) is 6.54 Å². The van der Waals surface area contributed by atoms with Crippen molar-refractivity contribution in [2.45, 2.75) is 20.4 Å². The summed E-state index contributed by atoms with van der Waals surface area (Å²) in [6.07, 6.45) is 5.26. The summed E-state index contributed by atoms with van der Waals surface area (Å²) in [5, 5.41) is 2.92. The molecule has 27 heavy (non-hydrogen) atoms. The van der Waals surface area contributed by atoms with Gasteiger partial charge >= 0.3 is 0 Å². The molecule has 0 fully saturated rings. The number of aryl methyl sites for hydroxylation is 2. The summed E-state index contributed by atoms with van der Waals surface area (Å²) < 4.78 is 2.05. The number of rotatable bonds is 4. The number of carbonyl (C=O) groups excluding carboxylic acids is 1. The van der Waals surface area contributed by atoms with E-state index in [-0.39, 0.29) is 5.91 Å². The Balaban J connectivity index is 1.59. The number of aromatic nitrogens is 3. The number of nitrogens with one attached hydrogen (secondary N) is 1. The van der Waals surface area contributed by atoms with Gasteiger partial charge in [0, 0.05) is 30.2 Å². The van der Waals surface area contributed by atoms with Gasteiger partial charge in [-0.2, -0.15) is 0 Å². The molecule has 2 aromatic carbocycles. The first-order valence-corrected chi connectivity index (χ1v) is 8.83. The summed E-state index contributed by atoms with van der Waals surface area (Å²) in [6.45, 7) is 4.61. The Labute approximate surface area is 157 Å². The second-order valence-corrected chi connectivity index (χ2v) is 6.71. The molecule has 5 heteroatoms. The number of benzene rings is 2. The molecule has 5 nitrogen and oxygen atoms in total. The van der Waals surface area contributed by atoms with E-state index in [0.29, 0.717) is 12.1 Å². The minimum Gasteiger partial charge on any atom is -0.348 e. The number of carbonyl (C=O) groups is 1. The standard InChI is InChI=1S/C22H20N4O/c1-15-8-16(2)10-19(9-15)26-14-25-20-11-18(5-6-21(20)26)22(27)24-13-17-4-3-7-23-12-17/h3-12,14H,13H2,1-2H3,(H,24,27). The van der Waals surface area contributed by atoms with Gasteiger partial charge in [-0.05, 0) is 66.9 Å². The molecule has 0 bridgehead atoms. The van der Waals surface area contributed by atoms with E-state index >= 15 is 0 Å². The Morgan fingerprint density at radius 2 is 1.89 bits per heavy atom. The van der Waals surface area contributed by atoms with E-state index < -0.39 is 0 Å². The zero-order chi connectivity index (χ0) is 18.8. The van der Waals surface area contributed by atoms with Crippen LogP contribution in [0.4, 0.5) is 0 Å². The number of pyridine rings is 1. The number of hydrogen-bond acceptors (Lipinski definition) is 3. The molecule has 0 saturated heterocycles. The van der Waals surface area contributed by atoms with Gasteiger partial charge in [0.1, 0.15) is 6.33 Å².